The third kappa shape index (κ3) is 4.88. The maximum atomic E-state index is 12.0. The van der Waals surface area contributed by atoms with Gasteiger partial charge in [-0.1, -0.05) is 13.8 Å². The molecular formula is C17H26N2O2. The van der Waals surface area contributed by atoms with Crippen molar-refractivity contribution in [3.63, 3.8) is 0 Å². The second kappa shape index (κ2) is 7.25. The monoisotopic (exact) mass is 290 g/mol. The van der Waals surface area contributed by atoms with Crippen molar-refractivity contribution in [2.75, 3.05) is 23.3 Å². The summed E-state index contributed by atoms with van der Waals surface area (Å²) in [6.07, 6.45) is 0.195. The average molecular weight is 290 g/mol. The van der Waals surface area contributed by atoms with Gasteiger partial charge in [0.25, 0.3) is 0 Å². The summed E-state index contributed by atoms with van der Waals surface area (Å²) in [5.74, 6) is -0.111. The van der Waals surface area contributed by atoms with E-state index in [0.717, 1.165) is 24.5 Å². The van der Waals surface area contributed by atoms with Gasteiger partial charge in [-0.05, 0) is 45.0 Å². The summed E-state index contributed by atoms with van der Waals surface area (Å²) in [5.41, 5.74) is 1.28. The van der Waals surface area contributed by atoms with Crippen LogP contribution in [0.1, 0.15) is 41.0 Å². The molecular weight excluding hydrogens is 264 g/mol. The number of hydrogen-bond donors (Lipinski definition) is 1. The molecule has 0 saturated heterocycles. The Labute approximate surface area is 127 Å². The Morgan fingerprint density at radius 2 is 1.62 bits per heavy atom. The molecule has 21 heavy (non-hydrogen) atoms. The van der Waals surface area contributed by atoms with Crippen LogP contribution < -0.4 is 10.2 Å². The molecule has 1 amide bonds. The topological polar surface area (TPSA) is 49.4 Å². The van der Waals surface area contributed by atoms with E-state index in [2.05, 4.69) is 24.1 Å². The molecule has 1 N–H and O–H groups in total. The van der Waals surface area contributed by atoms with Crippen LogP contribution in [0, 0.1) is 5.41 Å². The van der Waals surface area contributed by atoms with Crippen LogP contribution in [0.4, 0.5) is 11.4 Å². The molecule has 116 valence electrons. The number of benzene rings is 1. The van der Waals surface area contributed by atoms with Gasteiger partial charge in [0, 0.05) is 36.3 Å². The van der Waals surface area contributed by atoms with E-state index in [4.69, 9.17) is 0 Å². The number of anilines is 2. The number of carbonyl (C=O) groups excluding carboxylic acids is 2. The fraction of sp³-hybridized carbons (Fsp3) is 0.529. The number of carbonyl (C=O) groups is 2. The molecule has 0 atom stereocenters. The Balaban J connectivity index is 2.68. The van der Waals surface area contributed by atoms with Gasteiger partial charge < -0.3 is 10.2 Å². The second-order valence-corrected chi connectivity index (χ2v) is 5.88. The zero-order chi connectivity index (χ0) is 16.0. The number of amides is 1. The lowest BCUT2D eigenvalue weighted by Gasteiger charge is -2.22. The van der Waals surface area contributed by atoms with Crippen molar-refractivity contribution in [1.82, 2.24) is 0 Å². The SMILES string of the molecule is CCN(CC)c1ccc(NC(=O)CC(C)(C)C(C)=O)cc1. The average Bonchev–Trinajstić information content (AvgIpc) is 2.41. The van der Waals surface area contributed by atoms with Crippen LogP contribution in [0.5, 0.6) is 0 Å². The summed E-state index contributed by atoms with van der Waals surface area (Å²) in [7, 11) is 0. The number of ketones is 1. The van der Waals surface area contributed by atoms with E-state index in [1.54, 1.807) is 13.8 Å². The summed E-state index contributed by atoms with van der Waals surface area (Å²) >= 11 is 0. The Kier molecular flexibility index (Phi) is 5.94. The Morgan fingerprint density at radius 3 is 2.05 bits per heavy atom. The molecule has 1 rings (SSSR count). The van der Waals surface area contributed by atoms with Gasteiger partial charge in [-0.2, -0.15) is 0 Å². The number of hydrogen-bond acceptors (Lipinski definition) is 3. The first kappa shape index (κ1) is 17.2. The molecule has 0 aliphatic rings. The predicted octanol–water partition coefficient (Wildman–Crippen LogP) is 3.48. The molecule has 4 nitrogen and oxygen atoms in total. The first-order valence-corrected chi connectivity index (χ1v) is 7.46. The number of nitrogens with zero attached hydrogens (tertiary/aromatic N) is 1. The maximum absolute atomic E-state index is 12.0. The smallest absolute Gasteiger partial charge is 0.225 e. The quantitative estimate of drug-likeness (QED) is 0.836. The Morgan fingerprint density at radius 1 is 1.10 bits per heavy atom. The highest BCUT2D eigenvalue weighted by Gasteiger charge is 2.26. The molecule has 0 radical (unpaired) electrons. The molecule has 0 unspecified atom stereocenters. The zero-order valence-electron chi connectivity index (χ0n) is 13.7. The molecule has 0 bridgehead atoms. The normalized spacial score (nSPS) is 11.1. The molecule has 0 heterocycles. The summed E-state index contributed by atoms with van der Waals surface area (Å²) in [6, 6.07) is 7.79. The maximum Gasteiger partial charge on any atom is 0.225 e. The van der Waals surface area contributed by atoms with Gasteiger partial charge in [0.1, 0.15) is 5.78 Å². The molecule has 1 aromatic carbocycles. The molecule has 0 fully saturated rings. The third-order valence-corrected chi connectivity index (χ3v) is 3.84. The fourth-order valence-corrected chi connectivity index (χ4v) is 2.08. The fourth-order valence-electron chi connectivity index (χ4n) is 2.08. The summed E-state index contributed by atoms with van der Waals surface area (Å²) < 4.78 is 0. The molecule has 0 saturated carbocycles. The van der Waals surface area contributed by atoms with E-state index in [1.165, 1.54) is 6.92 Å². The van der Waals surface area contributed by atoms with E-state index >= 15 is 0 Å². The van der Waals surface area contributed by atoms with Crippen LogP contribution in [-0.4, -0.2) is 24.8 Å². The van der Waals surface area contributed by atoms with Crippen molar-refractivity contribution in [2.24, 2.45) is 5.41 Å². The minimum Gasteiger partial charge on any atom is -0.372 e. The van der Waals surface area contributed by atoms with E-state index < -0.39 is 5.41 Å². The number of nitrogens with one attached hydrogen (secondary N) is 1. The second-order valence-electron chi connectivity index (χ2n) is 5.88. The molecule has 0 aromatic heterocycles. The molecule has 1 aromatic rings. The van der Waals surface area contributed by atoms with Gasteiger partial charge in [0.05, 0.1) is 0 Å². The van der Waals surface area contributed by atoms with Crippen LogP contribution in [0.25, 0.3) is 0 Å². The van der Waals surface area contributed by atoms with Gasteiger partial charge in [0.2, 0.25) is 5.91 Å². The van der Waals surface area contributed by atoms with Crippen molar-refractivity contribution >= 4 is 23.1 Å². The van der Waals surface area contributed by atoms with Gasteiger partial charge in [-0.3, -0.25) is 9.59 Å². The van der Waals surface area contributed by atoms with Gasteiger partial charge in [-0.25, -0.2) is 0 Å². The minimum atomic E-state index is -0.620. The highest BCUT2D eigenvalue weighted by atomic mass is 16.2. The predicted molar refractivity (Wildman–Crippen MR) is 87.7 cm³/mol. The van der Waals surface area contributed by atoms with Crippen LogP contribution in [-0.2, 0) is 9.59 Å². The van der Waals surface area contributed by atoms with Crippen LogP contribution in [0.3, 0.4) is 0 Å². The van der Waals surface area contributed by atoms with E-state index in [0.29, 0.717) is 0 Å². The van der Waals surface area contributed by atoms with Crippen LogP contribution in [0.15, 0.2) is 24.3 Å². The lowest BCUT2D eigenvalue weighted by Crippen LogP contribution is -2.28. The number of rotatable bonds is 7. The van der Waals surface area contributed by atoms with E-state index in [9.17, 15) is 9.59 Å². The lowest BCUT2D eigenvalue weighted by atomic mass is 9.85. The van der Waals surface area contributed by atoms with E-state index in [1.807, 2.05) is 24.3 Å². The summed E-state index contributed by atoms with van der Waals surface area (Å²) in [6.45, 7) is 11.2. The van der Waals surface area contributed by atoms with Crippen LogP contribution in [0.2, 0.25) is 0 Å². The van der Waals surface area contributed by atoms with Gasteiger partial charge in [0.15, 0.2) is 0 Å². The van der Waals surface area contributed by atoms with Crippen molar-refractivity contribution in [3.8, 4) is 0 Å². The molecule has 0 aliphatic heterocycles. The molecule has 0 aliphatic carbocycles. The first-order valence-electron chi connectivity index (χ1n) is 7.46. The van der Waals surface area contributed by atoms with Crippen molar-refractivity contribution in [2.45, 2.75) is 41.0 Å². The Bertz CT molecular complexity index is 488. The Hall–Kier alpha value is -1.84. The zero-order valence-corrected chi connectivity index (χ0v) is 13.7. The minimum absolute atomic E-state index is 0.0227. The largest absolute Gasteiger partial charge is 0.372 e. The van der Waals surface area contributed by atoms with Gasteiger partial charge in [-0.15, -0.1) is 0 Å². The highest BCUT2D eigenvalue weighted by Crippen LogP contribution is 2.23. The summed E-state index contributed by atoms with van der Waals surface area (Å²) in [4.78, 5) is 25.7. The van der Waals surface area contributed by atoms with Crippen molar-refractivity contribution in [3.05, 3.63) is 24.3 Å². The van der Waals surface area contributed by atoms with Crippen molar-refractivity contribution in [1.29, 1.82) is 0 Å². The summed E-state index contributed by atoms with van der Waals surface area (Å²) in [5, 5.41) is 2.85. The van der Waals surface area contributed by atoms with Crippen LogP contribution >= 0.6 is 0 Å². The molecule has 4 heteroatoms. The van der Waals surface area contributed by atoms with Gasteiger partial charge >= 0.3 is 0 Å². The first-order chi connectivity index (χ1) is 9.80. The third-order valence-electron chi connectivity index (χ3n) is 3.84. The highest BCUT2D eigenvalue weighted by molar-refractivity contribution is 5.95. The molecule has 0 spiro atoms. The number of Topliss-reactive ketones (excluding diaryl/α,β-unsaturated/α-hetero) is 1. The standard InChI is InChI=1S/C17H26N2O2/c1-6-19(7-2)15-10-8-14(9-11-15)18-16(21)12-17(4,5)13(3)20/h8-11H,6-7,12H2,1-5H3,(H,18,21). The van der Waals surface area contributed by atoms with Crippen molar-refractivity contribution < 1.29 is 9.59 Å². The lowest BCUT2D eigenvalue weighted by molar-refractivity contribution is -0.129. The van der Waals surface area contributed by atoms with E-state index in [-0.39, 0.29) is 18.1 Å².